The third-order valence-corrected chi connectivity index (χ3v) is 5.19. The summed E-state index contributed by atoms with van der Waals surface area (Å²) in [5, 5.41) is 2.91. The molecule has 0 heterocycles. The molecule has 2 amide bonds. The van der Waals surface area contributed by atoms with Crippen LogP contribution in [0.4, 0.5) is 0 Å². The molecule has 1 atom stereocenters. The summed E-state index contributed by atoms with van der Waals surface area (Å²) < 4.78 is 0. The normalized spacial score (nSPS) is 11.9. The lowest BCUT2D eigenvalue weighted by Gasteiger charge is -2.29. The van der Waals surface area contributed by atoms with Crippen molar-refractivity contribution < 1.29 is 9.59 Å². The van der Waals surface area contributed by atoms with Gasteiger partial charge in [0.1, 0.15) is 6.04 Å². The van der Waals surface area contributed by atoms with Gasteiger partial charge in [0, 0.05) is 19.5 Å². The minimum atomic E-state index is -0.502. The molecule has 0 saturated heterocycles. The van der Waals surface area contributed by atoms with Gasteiger partial charge < -0.3 is 10.2 Å². The Morgan fingerprint density at radius 2 is 1.59 bits per heavy atom. The molecule has 0 aliphatic heterocycles. The second-order valence-corrected chi connectivity index (χ2v) is 7.87. The topological polar surface area (TPSA) is 49.4 Å². The van der Waals surface area contributed by atoms with E-state index >= 15 is 0 Å². The maximum absolute atomic E-state index is 13.1. The summed E-state index contributed by atoms with van der Waals surface area (Å²) in [6.07, 6.45) is 1.93. The van der Waals surface area contributed by atoms with Crippen molar-refractivity contribution in [2.24, 2.45) is 0 Å². The average Bonchev–Trinajstić information content (AvgIpc) is 2.74. The van der Waals surface area contributed by atoms with Crippen molar-refractivity contribution in [2.75, 3.05) is 6.54 Å². The summed E-state index contributed by atoms with van der Waals surface area (Å²) in [7, 11) is 0. The number of benzene rings is 2. The van der Waals surface area contributed by atoms with Gasteiger partial charge in [-0.05, 0) is 42.4 Å². The summed E-state index contributed by atoms with van der Waals surface area (Å²) in [4.78, 5) is 27.3. The minimum Gasteiger partial charge on any atom is -0.354 e. The molecule has 0 saturated carbocycles. The standard InChI is InChI=1S/C25H34N2O2/c1-5-17-26-25(29)20(4)27(18-22-9-7-6-8-10-22)24(28)16-13-21-11-14-23(15-12-21)19(2)3/h6-12,14-15,19-20H,5,13,16-18H2,1-4H3,(H,26,29)/t20-/m1/s1. The molecule has 0 spiro atoms. The average molecular weight is 395 g/mol. The Bertz CT molecular complexity index is 769. The number of carbonyl (C=O) groups is 2. The largest absolute Gasteiger partial charge is 0.354 e. The van der Waals surface area contributed by atoms with Crippen LogP contribution < -0.4 is 5.32 Å². The lowest BCUT2D eigenvalue weighted by Crippen LogP contribution is -2.47. The second kappa shape index (κ2) is 11.4. The van der Waals surface area contributed by atoms with Crippen LogP contribution in [-0.2, 0) is 22.6 Å². The molecule has 0 bridgehead atoms. The molecule has 1 N–H and O–H groups in total. The summed E-state index contributed by atoms with van der Waals surface area (Å²) in [5.41, 5.74) is 3.47. The smallest absolute Gasteiger partial charge is 0.242 e. The van der Waals surface area contributed by atoms with Crippen molar-refractivity contribution in [3.63, 3.8) is 0 Å². The lowest BCUT2D eigenvalue weighted by atomic mass is 10.00. The molecule has 156 valence electrons. The van der Waals surface area contributed by atoms with E-state index in [1.165, 1.54) is 5.56 Å². The highest BCUT2D eigenvalue weighted by Gasteiger charge is 2.25. The van der Waals surface area contributed by atoms with E-state index < -0.39 is 6.04 Å². The molecule has 0 aliphatic rings. The van der Waals surface area contributed by atoms with Crippen molar-refractivity contribution in [3.8, 4) is 0 Å². The number of nitrogens with zero attached hydrogens (tertiary/aromatic N) is 1. The second-order valence-electron chi connectivity index (χ2n) is 7.87. The van der Waals surface area contributed by atoms with E-state index in [4.69, 9.17) is 0 Å². The van der Waals surface area contributed by atoms with Gasteiger partial charge in [-0.25, -0.2) is 0 Å². The van der Waals surface area contributed by atoms with Crippen molar-refractivity contribution in [1.29, 1.82) is 0 Å². The van der Waals surface area contributed by atoms with E-state index in [0.29, 0.717) is 31.8 Å². The Hall–Kier alpha value is -2.62. The van der Waals surface area contributed by atoms with Gasteiger partial charge in [0.2, 0.25) is 11.8 Å². The Morgan fingerprint density at radius 3 is 2.17 bits per heavy atom. The van der Waals surface area contributed by atoms with Crippen LogP contribution in [0.1, 0.15) is 63.1 Å². The highest BCUT2D eigenvalue weighted by molar-refractivity contribution is 5.87. The first-order valence-corrected chi connectivity index (χ1v) is 10.6. The van der Waals surface area contributed by atoms with Crippen LogP contribution >= 0.6 is 0 Å². The fourth-order valence-electron chi connectivity index (χ4n) is 3.22. The minimum absolute atomic E-state index is 0.000868. The van der Waals surface area contributed by atoms with E-state index in [1.807, 2.05) is 44.2 Å². The van der Waals surface area contributed by atoms with Crippen LogP contribution in [0.2, 0.25) is 0 Å². The zero-order chi connectivity index (χ0) is 21.2. The molecule has 2 aromatic carbocycles. The summed E-state index contributed by atoms with van der Waals surface area (Å²) >= 11 is 0. The fraction of sp³-hybridized carbons (Fsp3) is 0.440. The molecular weight excluding hydrogens is 360 g/mol. The Labute approximate surface area is 175 Å². The lowest BCUT2D eigenvalue weighted by molar-refractivity contribution is -0.140. The molecule has 0 aliphatic carbocycles. The predicted molar refractivity (Wildman–Crippen MR) is 119 cm³/mol. The van der Waals surface area contributed by atoms with Crippen LogP contribution in [0.5, 0.6) is 0 Å². The van der Waals surface area contributed by atoms with Gasteiger partial charge in [-0.15, -0.1) is 0 Å². The van der Waals surface area contributed by atoms with Crippen LogP contribution in [-0.4, -0.2) is 29.3 Å². The number of hydrogen-bond acceptors (Lipinski definition) is 2. The zero-order valence-corrected chi connectivity index (χ0v) is 18.2. The van der Waals surface area contributed by atoms with Crippen LogP contribution in [0.25, 0.3) is 0 Å². The molecule has 0 radical (unpaired) electrons. The van der Waals surface area contributed by atoms with Gasteiger partial charge in [-0.1, -0.05) is 75.4 Å². The predicted octanol–water partition coefficient (Wildman–Crippen LogP) is 4.69. The van der Waals surface area contributed by atoms with Crippen molar-refractivity contribution in [3.05, 3.63) is 71.3 Å². The van der Waals surface area contributed by atoms with Gasteiger partial charge in [-0.3, -0.25) is 9.59 Å². The van der Waals surface area contributed by atoms with Crippen LogP contribution in [0.3, 0.4) is 0 Å². The SMILES string of the molecule is CCCNC(=O)[C@@H](C)N(Cc1ccccc1)C(=O)CCc1ccc(C(C)C)cc1. The van der Waals surface area contributed by atoms with Gasteiger partial charge >= 0.3 is 0 Å². The van der Waals surface area contributed by atoms with Gasteiger partial charge in [-0.2, -0.15) is 0 Å². The molecule has 0 aromatic heterocycles. The monoisotopic (exact) mass is 394 g/mol. The molecule has 2 rings (SSSR count). The Morgan fingerprint density at radius 1 is 0.931 bits per heavy atom. The molecular formula is C25H34N2O2. The van der Waals surface area contributed by atoms with Gasteiger partial charge in [0.25, 0.3) is 0 Å². The summed E-state index contributed by atoms with van der Waals surface area (Å²) in [6.45, 7) is 9.23. The number of nitrogens with one attached hydrogen (secondary N) is 1. The van der Waals surface area contributed by atoms with Crippen LogP contribution in [0, 0.1) is 0 Å². The maximum atomic E-state index is 13.1. The van der Waals surface area contributed by atoms with Gasteiger partial charge in [0.15, 0.2) is 0 Å². The van der Waals surface area contributed by atoms with E-state index in [0.717, 1.165) is 17.5 Å². The summed E-state index contributed by atoms with van der Waals surface area (Å²) in [5.74, 6) is 0.396. The molecule has 29 heavy (non-hydrogen) atoms. The molecule has 4 heteroatoms. The maximum Gasteiger partial charge on any atom is 0.242 e. The highest BCUT2D eigenvalue weighted by atomic mass is 16.2. The van der Waals surface area contributed by atoms with Gasteiger partial charge in [0.05, 0.1) is 0 Å². The first kappa shape index (κ1) is 22.7. The Kier molecular flexibility index (Phi) is 8.91. The third kappa shape index (κ3) is 7.04. The third-order valence-electron chi connectivity index (χ3n) is 5.19. The number of amides is 2. The first-order valence-electron chi connectivity index (χ1n) is 10.6. The molecule has 4 nitrogen and oxygen atoms in total. The zero-order valence-electron chi connectivity index (χ0n) is 18.2. The van der Waals surface area contributed by atoms with Crippen LogP contribution in [0.15, 0.2) is 54.6 Å². The number of aryl methyl sites for hydroxylation is 1. The number of hydrogen-bond donors (Lipinski definition) is 1. The first-order chi connectivity index (χ1) is 13.9. The van der Waals surface area contributed by atoms with Crippen molar-refractivity contribution >= 4 is 11.8 Å². The van der Waals surface area contributed by atoms with E-state index in [2.05, 4.69) is 43.4 Å². The summed E-state index contributed by atoms with van der Waals surface area (Å²) in [6, 6.07) is 17.8. The fourth-order valence-corrected chi connectivity index (χ4v) is 3.22. The van der Waals surface area contributed by atoms with Crippen molar-refractivity contribution in [2.45, 2.75) is 65.5 Å². The molecule has 2 aromatic rings. The Balaban J connectivity index is 2.07. The van der Waals surface area contributed by atoms with Crippen molar-refractivity contribution in [1.82, 2.24) is 10.2 Å². The van der Waals surface area contributed by atoms with E-state index in [9.17, 15) is 9.59 Å². The van der Waals surface area contributed by atoms with E-state index in [1.54, 1.807) is 4.90 Å². The number of rotatable bonds is 10. The highest BCUT2D eigenvalue weighted by Crippen LogP contribution is 2.17. The molecule has 0 fully saturated rings. The molecule has 0 unspecified atom stereocenters. The number of carbonyl (C=O) groups excluding carboxylic acids is 2. The van der Waals surface area contributed by atoms with E-state index in [-0.39, 0.29) is 11.8 Å². The quantitative estimate of drug-likeness (QED) is 0.636.